The van der Waals surface area contributed by atoms with Gasteiger partial charge < -0.3 is 10.1 Å². The molecule has 0 radical (unpaired) electrons. The minimum Gasteiger partial charge on any atom is -0.497 e. The van der Waals surface area contributed by atoms with Crippen molar-refractivity contribution in [2.24, 2.45) is 0 Å². The van der Waals surface area contributed by atoms with Crippen molar-refractivity contribution in [3.05, 3.63) is 94.5 Å². The molecule has 1 heterocycles. The van der Waals surface area contributed by atoms with Crippen LogP contribution < -0.4 is 15.4 Å². The number of anilines is 1. The minimum atomic E-state index is -0.296. The summed E-state index contributed by atoms with van der Waals surface area (Å²) in [5.74, 6) is 0.871. The fourth-order valence-electron chi connectivity index (χ4n) is 3.77. The molecule has 1 aliphatic heterocycles. The van der Waals surface area contributed by atoms with Crippen LogP contribution in [0.4, 0.5) is 5.69 Å². The number of methoxy groups -OCH3 is 1. The molecule has 0 spiro atoms. The number of fused-ring (bicyclic) bond motifs is 1. The van der Waals surface area contributed by atoms with E-state index < -0.39 is 0 Å². The zero-order valence-electron chi connectivity index (χ0n) is 15.5. The molecule has 4 heteroatoms. The molecule has 0 amide bonds. The number of hydrogen-bond donors (Lipinski definition) is 2. The number of halogens is 1. The maximum absolute atomic E-state index is 6.29. The first kappa shape index (κ1) is 17.9. The van der Waals surface area contributed by atoms with Crippen LogP contribution in [-0.2, 0) is 6.42 Å². The van der Waals surface area contributed by atoms with Crippen LogP contribution in [0.5, 0.6) is 5.75 Å². The summed E-state index contributed by atoms with van der Waals surface area (Å²) in [7, 11) is 1.69. The van der Waals surface area contributed by atoms with E-state index in [1.54, 1.807) is 7.11 Å². The van der Waals surface area contributed by atoms with E-state index in [4.69, 9.17) is 16.3 Å². The standard InChI is InChI=1S/C23H23ClN2O/c1-23(15-16-8-11-19(27-2)12-9-16)25-21-13-10-18(24)14-20(21)22(26-23)17-6-4-3-5-7-17/h3-14,22,25-26H,15H2,1-2H3/t22-,23-/m0/s1. The van der Waals surface area contributed by atoms with Gasteiger partial charge in [-0.15, -0.1) is 0 Å². The van der Waals surface area contributed by atoms with Gasteiger partial charge in [0.25, 0.3) is 0 Å². The van der Waals surface area contributed by atoms with E-state index >= 15 is 0 Å². The van der Waals surface area contributed by atoms with Crippen LogP contribution in [0.2, 0.25) is 5.02 Å². The summed E-state index contributed by atoms with van der Waals surface area (Å²) in [4.78, 5) is 0. The monoisotopic (exact) mass is 378 g/mol. The molecule has 2 N–H and O–H groups in total. The van der Waals surface area contributed by atoms with Crippen LogP contribution in [0, 0.1) is 0 Å². The SMILES string of the molecule is COc1ccc(C[C@@]2(C)Nc3ccc(Cl)cc3[C@H](c3ccccc3)N2)cc1. The van der Waals surface area contributed by atoms with Gasteiger partial charge in [0.15, 0.2) is 0 Å². The molecule has 0 fully saturated rings. The predicted molar refractivity (Wildman–Crippen MR) is 112 cm³/mol. The van der Waals surface area contributed by atoms with E-state index in [0.717, 1.165) is 22.9 Å². The van der Waals surface area contributed by atoms with Gasteiger partial charge in [0.2, 0.25) is 0 Å². The van der Waals surface area contributed by atoms with Gasteiger partial charge in [0, 0.05) is 17.1 Å². The lowest BCUT2D eigenvalue weighted by molar-refractivity contribution is 0.354. The van der Waals surface area contributed by atoms with Gasteiger partial charge in [0.05, 0.1) is 18.8 Å². The number of nitrogens with one attached hydrogen (secondary N) is 2. The first-order chi connectivity index (χ1) is 13.1. The second-order valence-corrected chi connectivity index (χ2v) is 7.64. The number of benzene rings is 3. The average Bonchev–Trinajstić information content (AvgIpc) is 2.69. The minimum absolute atomic E-state index is 0.0735. The van der Waals surface area contributed by atoms with Crippen LogP contribution in [0.3, 0.4) is 0 Å². The summed E-state index contributed by atoms with van der Waals surface area (Å²) >= 11 is 6.29. The van der Waals surface area contributed by atoms with Gasteiger partial charge in [-0.05, 0) is 53.9 Å². The highest BCUT2D eigenvalue weighted by Crippen LogP contribution is 2.38. The number of rotatable bonds is 4. The third-order valence-corrected chi connectivity index (χ3v) is 5.28. The van der Waals surface area contributed by atoms with Gasteiger partial charge in [-0.2, -0.15) is 0 Å². The third-order valence-electron chi connectivity index (χ3n) is 5.05. The van der Waals surface area contributed by atoms with Crippen LogP contribution in [0.25, 0.3) is 0 Å². The van der Waals surface area contributed by atoms with E-state index in [1.807, 2.05) is 30.3 Å². The summed E-state index contributed by atoms with van der Waals surface area (Å²) in [5, 5.41) is 8.23. The molecule has 0 saturated heterocycles. The Morgan fingerprint density at radius 1 is 1.00 bits per heavy atom. The van der Waals surface area contributed by atoms with Gasteiger partial charge in [0.1, 0.15) is 5.75 Å². The molecule has 3 aromatic rings. The van der Waals surface area contributed by atoms with Gasteiger partial charge in [-0.25, -0.2) is 0 Å². The molecule has 0 aromatic heterocycles. The van der Waals surface area contributed by atoms with E-state index in [-0.39, 0.29) is 11.7 Å². The molecule has 27 heavy (non-hydrogen) atoms. The largest absolute Gasteiger partial charge is 0.497 e. The molecule has 0 saturated carbocycles. The lowest BCUT2D eigenvalue weighted by atomic mass is 9.89. The fraction of sp³-hybridized carbons (Fsp3) is 0.217. The van der Waals surface area contributed by atoms with Crippen molar-refractivity contribution in [2.45, 2.75) is 25.0 Å². The van der Waals surface area contributed by atoms with E-state index in [0.29, 0.717) is 0 Å². The molecule has 138 valence electrons. The van der Waals surface area contributed by atoms with Gasteiger partial charge in [-0.3, -0.25) is 5.32 Å². The second kappa shape index (κ2) is 7.26. The Morgan fingerprint density at radius 3 is 2.44 bits per heavy atom. The Bertz CT molecular complexity index is 927. The highest BCUT2D eigenvalue weighted by Gasteiger charge is 2.35. The highest BCUT2D eigenvalue weighted by molar-refractivity contribution is 6.30. The molecular formula is C23H23ClN2O. The first-order valence-corrected chi connectivity index (χ1v) is 9.47. The smallest absolute Gasteiger partial charge is 0.118 e. The normalized spacial score (nSPS) is 21.2. The lowest BCUT2D eigenvalue weighted by Crippen LogP contribution is -2.55. The summed E-state index contributed by atoms with van der Waals surface area (Å²) < 4.78 is 5.27. The zero-order chi connectivity index (χ0) is 18.9. The average molecular weight is 379 g/mol. The maximum atomic E-state index is 6.29. The molecular weight excluding hydrogens is 356 g/mol. The summed E-state index contributed by atoms with van der Waals surface area (Å²) in [5.41, 5.74) is 4.45. The van der Waals surface area contributed by atoms with Crippen LogP contribution in [0.15, 0.2) is 72.8 Å². The van der Waals surface area contributed by atoms with Crippen molar-refractivity contribution < 1.29 is 4.74 Å². The molecule has 4 rings (SSSR count). The van der Waals surface area contributed by atoms with Crippen LogP contribution in [0.1, 0.15) is 29.7 Å². The maximum Gasteiger partial charge on any atom is 0.118 e. The van der Waals surface area contributed by atoms with Crippen molar-refractivity contribution in [1.82, 2.24) is 5.32 Å². The van der Waals surface area contributed by atoms with Crippen molar-refractivity contribution in [3.8, 4) is 5.75 Å². The quantitative estimate of drug-likeness (QED) is 0.636. The first-order valence-electron chi connectivity index (χ1n) is 9.09. The second-order valence-electron chi connectivity index (χ2n) is 7.20. The van der Waals surface area contributed by atoms with Crippen molar-refractivity contribution in [2.75, 3.05) is 12.4 Å². The fourth-order valence-corrected chi connectivity index (χ4v) is 3.95. The number of ether oxygens (including phenoxy) is 1. The van der Waals surface area contributed by atoms with E-state index in [2.05, 4.69) is 60.0 Å². The Kier molecular flexibility index (Phi) is 4.81. The lowest BCUT2D eigenvalue weighted by Gasteiger charge is -2.43. The molecule has 0 bridgehead atoms. The molecule has 1 aliphatic rings. The zero-order valence-corrected chi connectivity index (χ0v) is 16.3. The summed E-state index contributed by atoms with van der Waals surface area (Å²) in [6, 6.07) is 24.9. The topological polar surface area (TPSA) is 33.3 Å². The Balaban J connectivity index is 1.69. The molecule has 3 nitrogen and oxygen atoms in total. The summed E-state index contributed by atoms with van der Waals surface area (Å²) in [6.45, 7) is 2.20. The molecule has 3 aromatic carbocycles. The van der Waals surface area contributed by atoms with Crippen molar-refractivity contribution >= 4 is 17.3 Å². The molecule has 0 aliphatic carbocycles. The van der Waals surface area contributed by atoms with Crippen LogP contribution in [-0.4, -0.2) is 12.8 Å². The predicted octanol–water partition coefficient (Wildman–Crippen LogP) is 5.41. The number of hydrogen-bond acceptors (Lipinski definition) is 3. The van der Waals surface area contributed by atoms with E-state index in [1.165, 1.54) is 16.7 Å². The van der Waals surface area contributed by atoms with Gasteiger partial charge >= 0.3 is 0 Å². The Morgan fingerprint density at radius 2 is 1.74 bits per heavy atom. The van der Waals surface area contributed by atoms with Crippen molar-refractivity contribution in [3.63, 3.8) is 0 Å². The van der Waals surface area contributed by atoms with Crippen LogP contribution >= 0.6 is 11.6 Å². The molecule has 2 atom stereocenters. The van der Waals surface area contributed by atoms with Crippen molar-refractivity contribution in [1.29, 1.82) is 0 Å². The third kappa shape index (κ3) is 3.80. The highest BCUT2D eigenvalue weighted by atomic mass is 35.5. The molecule has 0 unspecified atom stereocenters. The summed E-state index contributed by atoms with van der Waals surface area (Å²) in [6.07, 6.45) is 0.836. The van der Waals surface area contributed by atoms with Gasteiger partial charge in [-0.1, -0.05) is 54.1 Å². The Labute approximate surface area is 165 Å². The Hall–Kier alpha value is -2.49. The van der Waals surface area contributed by atoms with E-state index in [9.17, 15) is 0 Å².